The van der Waals surface area contributed by atoms with Gasteiger partial charge in [0.05, 0.1) is 13.1 Å². The van der Waals surface area contributed by atoms with Crippen molar-refractivity contribution in [3.05, 3.63) is 46.4 Å². The van der Waals surface area contributed by atoms with Crippen molar-refractivity contribution >= 4 is 17.3 Å². The number of hydrogen-bond donors (Lipinski definition) is 1. The number of aliphatic imine (C=N–C) groups is 1. The van der Waals surface area contributed by atoms with Crippen LogP contribution in [0.25, 0.3) is 0 Å². The Morgan fingerprint density at radius 1 is 1.42 bits per heavy atom. The molecule has 0 atom stereocenters. The van der Waals surface area contributed by atoms with Gasteiger partial charge < -0.3 is 14.8 Å². The van der Waals surface area contributed by atoms with Crippen molar-refractivity contribution in [2.45, 2.75) is 13.1 Å². The zero-order valence-electron chi connectivity index (χ0n) is 11.6. The lowest BCUT2D eigenvalue weighted by Gasteiger charge is -2.22. The van der Waals surface area contributed by atoms with E-state index in [9.17, 15) is 0 Å². The van der Waals surface area contributed by atoms with Gasteiger partial charge in [0, 0.05) is 37.9 Å². The number of aryl methyl sites for hydroxylation is 1. The highest BCUT2D eigenvalue weighted by Crippen LogP contribution is 2.08. The van der Waals surface area contributed by atoms with Gasteiger partial charge in [0.15, 0.2) is 5.96 Å². The normalized spacial score (nSPS) is 11.6. The van der Waals surface area contributed by atoms with E-state index in [1.165, 1.54) is 10.6 Å². The average Bonchev–Trinajstić information content (AvgIpc) is 3.03. The molecular formula is C14H20N4S. The highest BCUT2D eigenvalue weighted by Gasteiger charge is 2.08. The first-order chi connectivity index (χ1) is 9.20. The van der Waals surface area contributed by atoms with E-state index in [-0.39, 0.29) is 0 Å². The van der Waals surface area contributed by atoms with Gasteiger partial charge in [-0.05, 0) is 23.6 Å². The Kier molecular flexibility index (Phi) is 4.63. The van der Waals surface area contributed by atoms with Crippen LogP contribution in [-0.4, -0.2) is 29.5 Å². The maximum absolute atomic E-state index is 4.32. The number of nitrogens with zero attached hydrogens (tertiary/aromatic N) is 3. The van der Waals surface area contributed by atoms with E-state index < -0.39 is 0 Å². The molecular weight excluding hydrogens is 256 g/mol. The molecule has 0 aliphatic rings. The van der Waals surface area contributed by atoms with E-state index in [4.69, 9.17) is 0 Å². The molecule has 2 aromatic heterocycles. The summed E-state index contributed by atoms with van der Waals surface area (Å²) < 4.78 is 2.13. The minimum Gasteiger partial charge on any atom is -0.353 e. The Labute approximate surface area is 118 Å². The van der Waals surface area contributed by atoms with Crippen LogP contribution in [0.2, 0.25) is 0 Å². The summed E-state index contributed by atoms with van der Waals surface area (Å²) in [5.74, 6) is 0.912. The molecule has 0 spiro atoms. The first-order valence-electron chi connectivity index (χ1n) is 6.25. The summed E-state index contributed by atoms with van der Waals surface area (Å²) in [7, 11) is 5.93. The Hall–Kier alpha value is -1.75. The lowest BCUT2D eigenvalue weighted by molar-refractivity contribution is 0.462. The first-order valence-corrected chi connectivity index (χ1v) is 7.13. The van der Waals surface area contributed by atoms with Crippen molar-refractivity contribution in [1.82, 2.24) is 14.8 Å². The standard InChI is InChI=1S/C14H20N4S/c1-15-14(16-10-13-7-5-9-19-13)18(3)11-12-6-4-8-17(12)2/h4-9H,10-11H2,1-3H3,(H,15,16). The van der Waals surface area contributed by atoms with Crippen molar-refractivity contribution in [2.24, 2.45) is 12.0 Å². The second kappa shape index (κ2) is 6.43. The number of nitrogens with one attached hydrogen (secondary N) is 1. The van der Waals surface area contributed by atoms with Gasteiger partial charge in [-0.3, -0.25) is 4.99 Å². The molecule has 2 aromatic rings. The Balaban J connectivity index is 1.92. The lowest BCUT2D eigenvalue weighted by Crippen LogP contribution is -2.38. The summed E-state index contributed by atoms with van der Waals surface area (Å²) in [6.45, 7) is 1.66. The van der Waals surface area contributed by atoms with E-state index in [2.05, 4.69) is 69.7 Å². The molecule has 19 heavy (non-hydrogen) atoms. The van der Waals surface area contributed by atoms with E-state index in [1.54, 1.807) is 11.3 Å². The van der Waals surface area contributed by atoms with Crippen molar-refractivity contribution in [3.8, 4) is 0 Å². The molecule has 102 valence electrons. The molecule has 1 N–H and O–H groups in total. The second-order valence-electron chi connectivity index (χ2n) is 4.45. The van der Waals surface area contributed by atoms with Gasteiger partial charge in [0.1, 0.15) is 0 Å². The molecule has 0 saturated carbocycles. The van der Waals surface area contributed by atoms with Gasteiger partial charge in [-0.1, -0.05) is 6.07 Å². The number of rotatable bonds is 4. The predicted molar refractivity (Wildman–Crippen MR) is 81.4 cm³/mol. The van der Waals surface area contributed by atoms with Crippen LogP contribution in [0.4, 0.5) is 0 Å². The molecule has 0 amide bonds. The predicted octanol–water partition coefficient (Wildman–Crippen LogP) is 2.29. The van der Waals surface area contributed by atoms with Crippen LogP contribution >= 0.6 is 11.3 Å². The highest BCUT2D eigenvalue weighted by molar-refractivity contribution is 7.09. The van der Waals surface area contributed by atoms with Crippen LogP contribution < -0.4 is 5.32 Å². The van der Waals surface area contributed by atoms with E-state index in [1.807, 2.05) is 7.05 Å². The minimum absolute atomic E-state index is 0.821. The molecule has 0 saturated heterocycles. The average molecular weight is 276 g/mol. The van der Waals surface area contributed by atoms with Crippen LogP contribution in [-0.2, 0) is 20.1 Å². The van der Waals surface area contributed by atoms with Gasteiger partial charge in [-0.25, -0.2) is 0 Å². The number of thiophene rings is 1. The van der Waals surface area contributed by atoms with Crippen LogP contribution in [0, 0.1) is 0 Å². The Morgan fingerprint density at radius 2 is 2.26 bits per heavy atom. The van der Waals surface area contributed by atoms with Crippen molar-refractivity contribution in [2.75, 3.05) is 14.1 Å². The maximum atomic E-state index is 4.32. The van der Waals surface area contributed by atoms with E-state index >= 15 is 0 Å². The SMILES string of the molecule is CN=C(NCc1cccs1)N(C)Cc1cccn1C. The maximum Gasteiger partial charge on any atom is 0.194 e. The summed E-state index contributed by atoms with van der Waals surface area (Å²) >= 11 is 1.75. The fourth-order valence-corrected chi connectivity index (χ4v) is 2.59. The van der Waals surface area contributed by atoms with E-state index in [0.29, 0.717) is 0 Å². The smallest absolute Gasteiger partial charge is 0.194 e. The quantitative estimate of drug-likeness (QED) is 0.686. The topological polar surface area (TPSA) is 32.6 Å². The molecule has 0 aromatic carbocycles. The molecule has 0 radical (unpaired) electrons. The third kappa shape index (κ3) is 3.61. The van der Waals surface area contributed by atoms with Gasteiger partial charge >= 0.3 is 0 Å². The Bertz CT molecular complexity index is 527. The van der Waals surface area contributed by atoms with Crippen LogP contribution in [0.3, 0.4) is 0 Å². The summed E-state index contributed by atoms with van der Waals surface area (Å²) in [5.41, 5.74) is 1.27. The summed E-state index contributed by atoms with van der Waals surface area (Å²) in [4.78, 5) is 7.77. The van der Waals surface area contributed by atoms with Gasteiger partial charge in [0.2, 0.25) is 0 Å². The molecule has 2 rings (SSSR count). The fraction of sp³-hybridized carbons (Fsp3) is 0.357. The van der Waals surface area contributed by atoms with E-state index in [0.717, 1.165) is 19.0 Å². The van der Waals surface area contributed by atoms with Crippen LogP contribution in [0.15, 0.2) is 40.8 Å². The minimum atomic E-state index is 0.821. The molecule has 5 heteroatoms. The highest BCUT2D eigenvalue weighted by atomic mass is 32.1. The summed E-state index contributed by atoms with van der Waals surface area (Å²) in [6, 6.07) is 8.38. The van der Waals surface area contributed by atoms with Crippen molar-refractivity contribution in [3.63, 3.8) is 0 Å². The van der Waals surface area contributed by atoms with Gasteiger partial charge in [-0.15, -0.1) is 11.3 Å². The Morgan fingerprint density at radius 3 is 2.84 bits per heavy atom. The molecule has 4 nitrogen and oxygen atoms in total. The van der Waals surface area contributed by atoms with Gasteiger partial charge in [-0.2, -0.15) is 0 Å². The molecule has 2 heterocycles. The molecule has 0 bridgehead atoms. The molecule has 0 aliphatic carbocycles. The number of guanidine groups is 1. The number of hydrogen-bond acceptors (Lipinski definition) is 2. The zero-order chi connectivity index (χ0) is 13.7. The molecule has 0 fully saturated rings. The van der Waals surface area contributed by atoms with Crippen molar-refractivity contribution < 1.29 is 0 Å². The largest absolute Gasteiger partial charge is 0.353 e. The molecule has 0 unspecified atom stereocenters. The van der Waals surface area contributed by atoms with Crippen LogP contribution in [0.1, 0.15) is 10.6 Å². The first kappa shape index (κ1) is 13.7. The second-order valence-corrected chi connectivity index (χ2v) is 5.48. The third-order valence-electron chi connectivity index (χ3n) is 3.02. The molecule has 0 aliphatic heterocycles. The summed E-state index contributed by atoms with van der Waals surface area (Å²) in [5, 5.41) is 5.47. The van der Waals surface area contributed by atoms with Crippen molar-refractivity contribution in [1.29, 1.82) is 0 Å². The monoisotopic (exact) mass is 276 g/mol. The van der Waals surface area contributed by atoms with Gasteiger partial charge in [0.25, 0.3) is 0 Å². The number of aromatic nitrogens is 1. The lowest BCUT2D eigenvalue weighted by atomic mass is 10.4. The zero-order valence-corrected chi connectivity index (χ0v) is 12.4. The fourth-order valence-electron chi connectivity index (χ4n) is 1.94. The van der Waals surface area contributed by atoms with Crippen LogP contribution in [0.5, 0.6) is 0 Å². The third-order valence-corrected chi connectivity index (χ3v) is 3.90. The summed E-state index contributed by atoms with van der Waals surface area (Å²) in [6.07, 6.45) is 2.06.